The number of benzene rings is 1. The average molecular weight is 351 g/mol. The van der Waals surface area contributed by atoms with Crippen molar-refractivity contribution in [2.75, 3.05) is 13.2 Å². The van der Waals surface area contributed by atoms with Crippen molar-refractivity contribution in [3.8, 4) is 0 Å². The minimum Gasteiger partial charge on any atom is -0.460 e. The molecule has 0 aliphatic carbocycles. The standard InChI is InChI=1S/C18H23ClN2O3/c1-12(2)23-9-10-24-18(22)17-13(3)20-21(14(17)4)11-15-7-5-6-8-16(15)19/h5-8,12H,9-11H2,1-4H3. The Morgan fingerprint density at radius 2 is 1.96 bits per heavy atom. The van der Waals surface area contributed by atoms with Crippen LogP contribution in [0.15, 0.2) is 24.3 Å². The second-order valence-electron chi connectivity index (χ2n) is 5.85. The zero-order valence-electron chi connectivity index (χ0n) is 14.5. The number of aromatic nitrogens is 2. The molecule has 1 heterocycles. The molecule has 130 valence electrons. The van der Waals surface area contributed by atoms with Crippen LogP contribution in [0.3, 0.4) is 0 Å². The van der Waals surface area contributed by atoms with E-state index in [9.17, 15) is 4.79 Å². The smallest absolute Gasteiger partial charge is 0.341 e. The second-order valence-corrected chi connectivity index (χ2v) is 6.26. The molecule has 0 unspecified atom stereocenters. The van der Waals surface area contributed by atoms with E-state index in [1.165, 1.54) is 0 Å². The molecule has 0 aliphatic rings. The molecule has 0 atom stereocenters. The summed E-state index contributed by atoms with van der Waals surface area (Å²) >= 11 is 6.20. The van der Waals surface area contributed by atoms with E-state index in [4.69, 9.17) is 21.1 Å². The first-order valence-electron chi connectivity index (χ1n) is 7.96. The Morgan fingerprint density at radius 3 is 2.62 bits per heavy atom. The predicted molar refractivity (Wildman–Crippen MR) is 93.6 cm³/mol. The maximum Gasteiger partial charge on any atom is 0.341 e. The van der Waals surface area contributed by atoms with Crippen molar-refractivity contribution in [3.05, 3.63) is 51.8 Å². The highest BCUT2D eigenvalue weighted by molar-refractivity contribution is 6.31. The molecule has 5 nitrogen and oxygen atoms in total. The van der Waals surface area contributed by atoms with Crippen LogP contribution in [0, 0.1) is 13.8 Å². The van der Waals surface area contributed by atoms with Gasteiger partial charge in [-0.1, -0.05) is 29.8 Å². The van der Waals surface area contributed by atoms with Gasteiger partial charge in [-0.25, -0.2) is 4.79 Å². The highest BCUT2D eigenvalue weighted by Crippen LogP contribution is 2.20. The number of aryl methyl sites for hydroxylation is 1. The fraction of sp³-hybridized carbons (Fsp3) is 0.444. The van der Waals surface area contributed by atoms with E-state index < -0.39 is 0 Å². The number of ether oxygens (including phenoxy) is 2. The van der Waals surface area contributed by atoms with Crippen LogP contribution in [-0.2, 0) is 16.0 Å². The summed E-state index contributed by atoms with van der Waals surface area (Å²) in [7, 11) is 0. The molecule has 0 saturated carbocycles. The van der Waals surface area contributed by atoms with Crippen LogP contribution in [0.25, 0.3) is 0 Å². The molecule has 0 fully saturated rings. The summed E-state index contributed by atoms with van der Waals surface area (Å²) in [4.78, 5) is 12.3. The Labute approximate surface area is 147 Å². The average Bonchev–Trinajstić information content (AvgIpc) is 2.80. The van der Waals surface area contributed by atoms with Gasteiger partial charge in [-0.05, 0) is 39.3 Å². The summed E-state index contributed by atoms with van der Waals surface area (Å²) in [5.74, 6) is -0.372. The summed E-state index contributed by atoms with van der Waals surface area (Å²) < 4.78 is 12.4. The molecule has 0 saturated heterocycles. The molecule has 0 spiro atoms. The molecule has 1 aromatic heterocycles. The Morgan fingerprint density at radius 1 is 1.25 bits per heavy atom. The van der Waals surface area contributed by atoms with Gasteiger partial charge >= 0.3 is 5.97 Å². The number of carbonyl (C=O) groups excluding carboxylic acids is 1. The quantitative estimate of drug-likeness (QED) is 0.563. The van der Waals surface area contributed by atoms with Gasteiger partial charge < -0.3 is 9.47 Å². The van der Waals surface area contributed by atoms with Crippen LogP contribution in [0.4, 0.5) is 0 Å². The molecule has 1 aromatic carbocycles. The van der Waals surface area contributed by atoms with Gasteiger partial charge in [-0.2, -0.15) is 5.10 Å². The fourth-order valence-electron chi connectivity index (χ4n) is 2.42. The summed E-state index contributed by atoms with van der Waals surface area (Å²) in [6.07, 6.45) is 0.116. The lowest BCUT2D eigenvalue weighted by Gasteiger charge is -2.09. The minimum atomic E-state index is -0.372. The number of nitrogens with zero attached hydrogens (tertiary/aromatic N) is 2. The monoisotopic (exact) mass is 350 g/mol. The first-order chi connectivity index (χ1) is 11.4. The topological polar surface area (TPSA) is 53.4 Å². The van der Waals surface area contributed by atoms with E-state index in [1.54, 1.807) is 11.6 Å². The lowest BCUT2D eigenvalue weighted by molar-refractivity contribution is 0.0175. The molecule has 0 radical (unpaired) electrons. The minimum absolute atomic E-state index is 0.116. The molecule has 2 rings (SSSR count). The molecule has 24 heavy (non-hydrogen) atoms. The van der Waals surface area contributed by atoms with E-state index in [0.717, 1.165) is 11.3 Å². The third-order valence-corrected chi connectivity index (χ3v) is 4.00. The van der Waals surface area contributed by atoms with Gasteiger partial charge in [0, 0.05) is 5.02 Å². The Balaban J connectivity index is 2.08. The fourth-order valence-corrected chi connectivity index (χ4v) is 2.62. The van der Waals surface area contributed by atoms with Crippen molar-refractivity contribution < 1.29 is 14.3 Å². The van der Waals surface area contributed by atoms with Crippen LogP contribution < -0.4 is 0 Å². The maximum absolute atomic E-state index is 12.3. The highest BCUT2D eigenvalue weighted by Gasteiger charge is 2.20. The highest BCUT2D eigenvalue weighted by atomic mass is 35.5. The third kappa shape index (κ3) is 4.58. The SMILES string of the molecule is Cc1nn(Cc2ccccc2Cl)c(C)c1C(=O)OCCOC(C)C. The number of rotatable bonds is 7. The van der Waals surface area contributed by atoms with Crippen LogP contribution in [0.5, 0.6) is 0 Å². The zero-order valence-corrected chi connectivity index (χ0v) is 15.3. The molecule has 0 N–H and O–H groups in total. The number of hydrogen-bond donors (Lipinski definition) is 0. The van der Waals surface area contributed by atoms with Crippen molar-refractivity contribution in [1.29, 1.82) is 0 Å². The first kappa shape index (κ1) is 18.5. The lowest BCUT2D eigenvalue weighted by Crippen LogP contribution is -2.15. The molecule has 6 heteroatoms. The normalized spacial score (nSPS) is 11.1. The number of esters is 1. The van der Waals surface area contributed by atoms with Crippen LogP contribution in [0.2, 0.25) is 5.02 Å². The maximum atomic E-state index is 12.3. The molecule has 0 bridgehead atoms. The second kappa shape index (κ2) is 8.31. The lowest BCUT2D eigenvalue weighted by atomic mass is 10.2. The molecule has 0 amide bonds. The van der Waals surface area contributed by atoms with Gasteiger partial charge in [-0.3, -0.25) is 4.68 Å². The van der Waals surface area contributed by atoms with Gasteiger partial charge in [0.1, 0.15) is 12.2 Å². The van der Waals surface area contributed by atoms with Gasteiger partial charge in [0.2, 0.25) is 0 Å². The van der Waals surface area contributed by atoms with Gasteiger partial charge in [0.05, 0.1) is 30.6 Å². The van der Waals surface area contributed by atoms with Crippen molar-refractivity contribution in [1.82, 2.24) is 9.78 Å². The summed E-state index contributed by atoms with van der Waals surface area (Å²) in [5, 5.41) is 5.13. The Bertz CT molecular complexity index is 710. The molecule has 2 aromatic rings. The molecular formula is C18H23ClN2O3. The Kier molecular flexibility index (Phi) is 6.40. The molecular weight excluding hydrogens is 328 g/mol. The summed E-state index contributed by atoms with van der Waals surface area (Å²) in [6, 6.07) is 7.60. The van der Waals surface area contributed by atoms with Crippen molar-refractivity contribution >= 4 is 17.6 Å². The number of halogens is 1. The van der Waals surface area contributed by atoms with Gasteiger partial charge in [0.15, 0.2) is 0 Å². The predicted octanol–water partition coefficient (Wildman–Crippen LogP) is 3.78. The van der Waals surface area contributed by atoms with Gasteiger partial charge in [-0.15, -0.1) is 0 Å². The Hall–Kier alpha value is -1.85. The number of hydrogen-bond acceptors (Lipinski definition) is 4. The van der Waals surface area contributed by atoms with Gasteiger partial charge in [0.25, 0.3) is 0 Å². The largest absolute Gasteiger partial charge is 0.460 e. The van der Waals surface area contributed by atoms with E-state index in [1.807, 2.05) is 45.0 Å². The number of carbonyl (C=O) groups is 1. The van der Waals surface area contributed by atoms with E-state index in [-0.39, 0.29) is 18.7 Å². The van der Waals surface area contributed by atoms with E-state index >= 15 is 0 Å². The first-order valence-corrected chi connectivity index (χ1v) is 8.34. The van der Waals surface area contributed by atoms with Crippen LogP contribution in [-0.4, -0.2) is 35.1 Å². The summed E-state index contributed by atoms with van der Waals surface area (Å²) in [6.45, 7) is 8.66. The van der Waals surface area contributed by atoms with Crippen molar-refractivity contribution in [2.45, 2.75) is 40.3 Å². The molecule has 0 aliphatic heterocycles. The van der Waals surface area contributed by atoms with Crippen molar-refractivity contribution in [3.63, 3.8) is 0 Å². The zero-order chi connectivity index (χ0) is 17.7. The van der Waals surface area contributed by atoms with E-state index in [2.05, 4.69) is 5.10 Å². The van der Waals surface area contributed by atoms with Crippen LogP contribution >= 0.6 is 11.6 Å². The van der Waals surface area contributed by atoms with E-state index in [0.29, 0.717) is 29.4 Å². The van der Waals surface area contributed by atoms with Crippen molar-refractivity contribution in [2.24, 2.45) is 0 Å². The van der Waals surface area contributed by atoms with Crippen LogP contribution in [0.1, 0.15) is 41.2 Å². The third-order valence-electron chi connectivity index (χ3n) is 3.63. The summed E-state index contributed by atoms with van der Waals surface area (Å²) in [5.41, 5.74) is 2.87.